The number of pyridine rings is 1. The van der Waals surface area contributed by atoms with Crippen LogP contribution in [0.15, 0.2) is 42.1 Å². The van der Waals surface area contributed by atoms with E-state index in [9.17, 15) is 4.39 Å². The number of aromatic nitrogens is 1. The largest absolute Gasteiger partial charge is 0.261 e. The lowest BCUT2D eigenvalue weighted by Gasteiger charge is -2.18. The minimum absolute atomic E-state index is 0.131. The van der Waals surface area contributed by atoms with Crippen LogP contribution in [0.25, 0.3) is 6.08 Å². The number of allylic oxidation sites excluding steroid dienone is 1. The first kappa shape index (κ1) is 13.0. The Hall–Kier alpha value is -1.96. The Kier molecular flexibility index (Phi) is 3.64. The second-order valence-electron chi connectivity index (χ2n) is 5.25. The first-order valence-corrected chi connectivity index (χ1v) is 7.17. The summed E-state index contributed by atoms with van der Waals surface area (Å²) < 4.78 is 13.8. The number of halogens is 1. The fourth-order valence-electron chi connectivity index (χ4n) is 2.77. The number of benzene rings is 1. The van der Waals surface area contributed by atoms with Crippen molar-refractivity contribution in [2.45, 2.75) is 32.6 Å². The van der Waals surface area contributed by atoms with E-state index in [4.69, 9.17) is 0 Å². The summed E-state index contributed by atoms with van der Waals surface area (Å²) in [5.74, 6) is -0.131. The fourth-order valence-corrected chi connectivity index (χ4v) is 2.77. The van der Waals surface area contributed by atoms with Crippen LogP contribution in [-0.4, -0.2) is 4.98 Å². The quantitative estimate of drug-likeness (QED) is 0.795. The summed E-state index contributed by atoms with van der Waals surface area (Å²) in [4.78, 5) is 4.47. The van der Waals surface area contributed by atoms with Gasteiger partial charge in [-0.25, -0.2) is 4.39 Å². The fraction of sp³-hybridized carbons (Fsp3) is 0.278. The zero-order valence-electron chi connectivity index (χ0n) is 11.7. The van der Waals surface area contributed by atoms with Gasteiger partial charge in [0.15, 0.2) is 0 Å². The summed E-state index contributed by atoms with van der Waals surface area (Å²) in [5, 5.41) is 0. The van der Waals surface area contributed by atoms with E-state index >= 15 is 0 Å². The van der Waals surface area contributed by atoms with E-state index in [0.717, 1.165) is 30.5 Å². The van der Waals surface area contributed by atoms with E-state index in [2.05, 4.69) is 18.0 Å². The minimum atomic E-state index is -0.131. The van der Waals surface area contributed by atoms with Crippen molar-refractivity contribution in [2.24, 2.45) is 0 Å². The molecule has 0 unspecified atom stereocenters. The molecule has 1 aliphatic rings. The van der Waals surface area contributed by atoms with Crippen molar-refractivity contribution in [3.8, 4) is 0 Å². The molecule has 0 fully saturated rings. The Morgan fingerprint density at radius 3 is 2.75 bits per heavy atom. The van der Waals surface area contributed by atoms with Gasteiger partial charge in [0.25, 0.3) is 0 Å². The minimum Gasteiger partial charge on any atom is -0.261 e. The number of rotatable bonds is 3. The summed E-state index contributed by atoms with van der Waals surface area (Å²) in [6.45, 7) is 2.18. The van der Waals surface area contributed by atoms with Crippen LogP contribution in [0.4, 0.5) is 4.39 Å². The van der Waals surface area contributed by atoms with Gasteiger partial charge >= 0.3 is 0 Å². The molecule has 0 saturated heterocycles. The van der Waals surface area contributed by atoms with Gasteiger partial charge in [0.1, 0.15) is 5.82 Å². The molecule has 0 amide bonds. The number of fused-ring (bicyclic) bond motifs is 1. The molecule has 0 atom stereocenters. The van der Waals surface area contributed by atoms with Gasteiger partial charge in [-0.3, -0.25) is 4.98 Å². The Labute approximate surface area is 119 Å². The molecule has 3 rings (SSSR count). The zero-order valence-corrected chi connectivity index (χ0v) is 11.7. The third-order valence-electron chi connectivity index (χ3n) is 3.99. The molecule has 0 spiro atoms. The van der Waals surface area contributed by atoms with E-state index in [0.29, 0.717) is 6.42 Å². The van der Waals surface area contributed by atoms with Gasteiger partial charge in [0.2, 0.25) is 0 Å². The van der Waals surface area contributed by atoms with Crippen molar-refractivity contribution < 1.29 is 4.39 Å². The van der Waals surface area contributed by atoms with Gasteiger partial charge < -0.3 is 0 Å². The van der Waals surface area contributed by atoms with E-state index in [1.165, 1.54) is 22.8 Å². The van der Waals surface area contributed by atoms with Crippen molar-refractivity contribution in [1.29, 1.82) is 0 Å². The van der Waals surface area contributed by atoms with Crippen LogP contribution in [0.1, 0.15) is 42.1 Å². The van der Waals surface area contributed by atoms with Crippen LogP contribution >= 0.6 is 0 Å². The van der Waals surface area contributed by atoms with Crippen molar-refractivity contribution in [3.05, 3.63) is 70.3 Å². The summed E-state index contributed by atoms with van der Waals surface area (Å²) in [6.07, 6.45) is 7.90. The third kappa shape index (κ3) is 2.51. The molecule has 0 aliphatic heterocycles. The summed E-state index contributed by atoms with van der Waals surface area (Å²) in [7, 11) is 0. The molecule has 0 radical (unpaired) electrons. The highest BCUT2D eigenvalue weighted by Gasteiger charge is 2.15. The predicted octanol–water partition coefficient (Wildman–Crippen LogP) is 4.55. The number of aryl methyl sites for hydroxylation is 1. The first-order valence-electron chi connectivity index (χ1n) is 7.17. The van der Waals surface area contributed by atoms with Gasteiger partial charge in [-0.1, -0.05) is 36.8 Å². The number of hydrogen-bond acceptors (Lipinski definition) is 1. The Bertz CT molecular complexity index is 658. The monoisotopic (exact) mass is 267 g/mol. The molecular weight excluding hydrogens is 249 g/mol. The molecular formula is C18H18FN. The summed E-state index contributed by atoms with van der Waals surface area (Å²) in [6, 6.07) is 9.02. The van der Waals surface area contributed by atoms with Gasteiger partial charge in [-0.2, -0.15) is 0 Å². The highest BCUT2D eigenvalue weighted by molar-refractivity contribution is 5.62. The lowest BCUT2D eigenvalue weighted by Crippen LogP contribution is -2.06. The second-order valence-corrected chi connectivity index (χ2v) is 5.25. The molecule has 2 heteroatoms. The number of nitrogens with zero attached hydrogens (tertiary/aromatic N) is 1. The van der Waals surface area contributed by atoms with E-state index in [1.54, 1.807) is 6.07 Å². The lowest BCUT2D eigenvalue weighted by atomic mass is 9.90. The van der Waals surface area contributed by atoms with Crippen molar-refractivity contribution in [2.75, 3.05) is 0 Å². The van der Waals surface area contributed by atoms with E-state index in [1.807, 2.05) is 24.4 Å². The third-order valence-corrected chi connectivity index (χ3v) is 3.99. The van der Waals surface area contributed by atoms with Gasteiger partial charge in [-0.05, 0) is 48.1 Å². The smallest absolute Gasteiger partial charge is 0.126 e. The molecule has 1 nitrogen and oxygen atoms in total. The van der Waals surface area contributed by atoms with Crippen molar-refractivity contribution >= 4 is 6.08 Å². The van der Waals surface area contributed by atoms with Gasteiger partial charge in [0.05, 0.1) is 0 Å². The van der Waals surface area contributed by atoms with Crippen molar-refractivity contribution in [3.63, 3.8) is 0 Å². The van der Waals surface area contributed by atoms with Crippen LogP contribution in [0, 0.1) is 5.82 Å². The Morgan fingerprint density at radius 1 is 1.10 bits per heavy atom. The van der Waals surface area contributed by atoms with Gasteiger partial charge in [0, 0.05) is 18.3 Å². The SMILES string of the molecule is CCC1=Cc2c(Cc3ccccc3F)ccnc2CC1. The maximum atomic E-state index is 13.8. The lowest BCUT2D eigenvalue weighted by molar-refractivity contribution is 0.614. The average molecular weight is 267 g/mol. The van der Waals surface area contributed by atoms with Crippen LogP contribution in [0.2, 0.25) is 0 Å². The van der Waals surface area contributed by atoms with Gasteiger partial charge in [-0.15, -0.1) is 0 Å². The van der Waals surface area contributed by atoms with Crippen molar-refractivity contribution in [1.82, 2.24) is 4.98 Å². The molecule has 0 N–H and O–H groups in total. The second kappa shape index (κ2) is 5.58. The first-order chi connectivity index (χ1) is 9.78. The zero-order chi connectivity index (χ0) is 13.9. The standard InChI is InChI=1S/C18H18FN/c1-2-13-7-8-18-16(11-13)14(9-10-20-18)12-15-5-3-4-6-17(15)19/h3-6,9-11H,2,7-8,12H2,1H3. The normalized spacial score (nSPS) is 13.8. The van der Waals surface area contributed by atoms with Crippen LogP contribution < -0.4 is 0 Å². The van der Waals surface area contributed by atoms with E-state index < -0.39 is 0 Å². The maximum absolute atomic E-state index is 13.8. The molecule has 102 valence electrons. The Morgan fingerprint density at radius 2 is 1.95 bits per heavy atom. The predicted molar refractivity (Wildman–Crippen MR) is 80.0 cm³/mol. The molecule has 1 aromatic carbocycles. The highest BCUT2D eigenvalue weighted by atomic mass is 19.1. The molecule has 1 aliphatic carbocycles. The summed E-state index contributed by atoms with van der Waals surface area (Å²) >= 11 is 0. The molecule has 1 heterocycles. The molecule has 0 saturated carbocycles. The number of hydrogen-bond donors (Lipinski definition) is 0. The van der Waals surface area contributed by atoms with Crippen LogP contribution in [-0.2, 0) is 12.8 Å². The maximum Gasteiger partial charge on any atom is 0.126 e. The van der Waals surface area contributed by atoms with Crippen LogP contribution in [0.5, 0.6) is 0 Å². The molecule has 1 aromatic heterocycles. The van der Waals surface area contributed by atoms with E-state index in [-0.39, 0.29) is 5.82 Å². The van der Waals surface area contributed by atoms with Crippen LogP contribution in [0.3, 0.4) is 0 Å². The molecule has 20 heavy (non-hydrogen) atoms. The molecule has 2 aromatic rings. The summed E-state index contributed by atoms with van der Waals surface area (Å²) in [5.41, 5.74) is 5.74. The Balaban J connectivity index is 2.00. The molecule has 0 bridgehead atoms. The average Bonchev–Trinajstić information content (AvgIpc) is 2.49. The highest BCUT2D eigenvalue weighted by Crippen LogP contribution is 2.28. The topological polar surface area (TPSA) is 12.9 Å².